The second-order valence-electron chi connectivity index (χ2n) is 7.98. The minimum Gasteiger partial charge on any atom is -0.207 e. The van der Waals surface area contributed by atoms with Crippen molar-refractivity contribution in [1.82, 2.24) is 0 Å². The lowest BCUT2D eigenvalue weighted by Gasteiger charge is -2.28. The number of benzene rings is 2. The first-order valence-corrected chi connectivity index (χ1v) is 9.56. The van der Waals surface area contributed by atoms with Crippen LogP contribution in [0.4, 0.5) is 4.39 Å². The van der Waals surface area contributed by atoms with Gasteiger partial charge < -0.3 is 0 Å². The molecule has 126 valence electrons. The molecular weight excluding hydrogens is 295 g/mol. The van der Waals surface area contributed by atoms with Crippen molar-refractivity contribution in [2.24, 2.45) is 5.92 Å². The zero-order chi connectivity index (χ0) is 16.5. The first-order valence-electron chi connectivity index (χ1n) is 9.56. The third-order valence-corrected chi connectivity index (χ3v) is 6.29. The van der Waals surface area contributed by atoms with Crippen LogP contribution >= 0.6 is 0 Å². The maximum Gasteiger partial charge on any atom is 0.123 e. The van der Waals surface area contributed by atoms with Crippen LogP contribution in [0.15, 0.2) is 42.5 Å². The number of rotatable bonds is 2. The molecule has 2 aliphatic rings. The second-order valence-corrected chi connectivity index (χ2v) is 7.98. The summed E-state index contributed by atoms with van der Waals surface area (Å²) in [6, 6.07) is 14.7. The van der Waals surface area contributed by atoms with Gasteiger partial charge in [-0.2, -0.15) is 0 Å². The standard InChI is InChI=1S/C23H27F/c1-16-2-4-17(5-3-16)18-6-8-19(9-7-18)21-11-10-20-12-13-23(24)15-22(20)14-21/h6-9,12-13,15-17,21H,2-5,10-11,14H2,1H3. The molecular formula is C23H27F. The van der Waals surface area contributed by atoms with Crippen molar-refractivity contribution in [2.45, 2.75) is 63.7 Å². The van der Waals surface area contributed by atoms with E-state index in [2.05, 4.69) is 31.2 Å². The van der Waals surface area contributed by atoms with Gasteiger partial charge in [0.1, 0.15) is 5.82 Å². The maximum atomic E-state index is 13.5. The topological polar surface area (TPSA) is 0 Å². The highest BCUT2D eigenvalue weighted by molar-refractivity contribution is 5.35. The molecule has 1 atom stereocenters. The lowest BCUT2D eigenvalue weighted by molar-refractivity contribution is 0.348. The largest absolute Gasteiger partial charge is 0.207 e. The molecule has 2 aromatic carbocycles. The SMILES string of the molecule is CC1CCC(c2ccc(C3CCc4ccc(F)cc4C3)cc2)CC1. The van der Waals surface area contributed by atoms with E-state index in [4.69, 9.17) is 0 Å². The van der Waals surface area contributed by atoms with Crippen LogP contribution in [0.25, 0.3) is 0 Å². The van der Waals surface area contributed by atoms with Gasteiger partial charge in [0.25, 0.3) is 0 Å². The van der Waals surface area contributed by atoms with Crippen LogP contribution < -0.4 is 0 Å². The quantitative estimate of drug-likeness (QED) is 0.601. The van der Waals surface area contributed by atoms with Gasteiger partial charge in [0, 0.05) is 0 Å². The molecule has 1 heteroatoms. The highest BCUT2D eigenvalue weighted by atomic mass is 19.1. The van der Waals surface area contributed by atoms with Gasteiger partial charge in [-0.1, -0.05) is 50.1 Å². The van der Waals surface area contributed by atoms with Crippen molar-refractivity contribution in [3.05, 3.63) is 70.5 Å². The Morgan fingerprint density at radius 2 is 1.42 bits per heavy atom. The fourth-order valence-corrected chi connectivity index (χ4v) is 4.64. The van der Waals surface area contributed by atoms with E-state index < -0.39 is 0 Å². The Bertz CT molecular complexity index is 692. The Kier molecular flexibility index (Phi) is 4.43. The predicted molar refractivity (Wildman–Crippen MR) is 98.0 cm³/mol. The van der Waals surface area contributed by atoms with Crippen molar-refractivity contribution >= 4 is 0 Å². The van der Waals surface area contributed by atoms with E-state index in [0.29, 0.717) is 5.92 Å². The zero-order valence-corrected chi connectivity index (χ0v) is 14.6. The molecule has 2 aromatic rings. The molecule has 1 unspecified atom stereocenters. The first-order chi connectivity index (χ1) is 11.7. The molecule has 0 amide bonds. The van der Waals surface area contributed by atoms with E-state index in [1.165, 1.54) is 54.4 Å². The van der Waals surface area contributed by atoms with E-state index >= 15 is 0 Å². The summed E-state index contributed by atoms with van der Waals surface area (Å²) in [5.41, 5.74) is 5.49. The number of fused-ring (bicyclic) bond motifs is 1. The summed E-state index contributed by atoms with van der Waals surface area (Å²) in [5, 5.41) is 0. The van der Waals surface area contributed by atoms with Crippen molar-refractivity contribution in [3.8, 4) is 0 Å². The van der Waals surface area contributed by atoms with Crippen molar-refractivity contribution in [1.29, 1.82) is 0 Å². The molecule has 0 aliphatic heterocycles. The molecule has 0 heterocycles. The Hall–Kier alpha value is -1.63. The van der Waals surface area contributed by atoms with Crippen molar-refractivity contribution in [3.63, 3.8) is 0 Å². The molecule has 0 nitrogen and oxygen atoms in total. The number of aryl methyl sites for hydroxylation is 1. The normalized spacial score (nSPS) is 26.8. The van der Waals surface area contributed by atoms with Gasteiger partial charge >= 0.3 is 0 Å². The molecule has 2 aliphatic carbocycles. The molecule has 24 heavy (non-hydrogen) atoms. The summed E-state index contributed by atoms with van der Waals surface area (Å²) in [6.45, 7) is 2.38. The molecule has 0 aromatic heterocycles. The molecule has 0 bridgehead atoms. The number of hydrogen-bond donors (Lipinski definition) is 0. The molecule has 0 saturated heterocycles. The van der Waals surface area contributed by atoms with Crippen LogP contribution in [0.3, 0.4) is 0 Å². The summed E-state index contributed by atoms with van der Waals surface area (Å²) < 4.78 is 13.5. The van der Waals surface area contributed by atoms with Gasteiger partial charge in [-0.25, -0.2) is 4.39 Å². The van der Waals surface area contributed by atoms with Crippen molar-refractivity contribution < 1.29 is 4.39 Å². The molecule has 0 radical (unpaired) electrons. The molecule has 4 rings (SSSR count). The Morgan fingerprint density at radius 3 is 2.12 bits per heavy atom. The summed E-state index contributed by atoms with van der Waals surface area (Å²) >= 11 is 0. The summed E-state index contributed by atoms with van der Waals surface area (Å²) in [7, 11) is 0. The summed E-state index contributed by atoms with van der Waals surface area (Å²) in [5.74, 6) is 2.11. The van der Waals surface area contributed by atoms with Gasteiger partial charge in [0.05, 0.1) is 0 Å². The predicted octanol–water partition coefficient (Wildman–Crippen LogP) is 6.39. The average molecular weight is 322 g/mol. The van der Waals surface area contributed by atoms with Crippen molar-refractivity contribution in [2.75, 3.05) is 0 Å². The monoisotopic (exact) mass is 322 g/mol. The van der Waals surface area contributed by atoms with Crippen LogP contribution in [-0.4, -0.2) is 0 Å². The first kappa shape index (κ1) is 15.9. The average Bonchev–Trinajstić information content (AvgIpc) is 2.62. The fourth-order valence-electron chi connectivity index (χ4n) is 4.64. The lowest BCUT2D eigenvalue weighted by Crippen LogP contribution is -2.14. The fraction of sp³-hybridized carbons (Fsp3) is 0.478. The second kappa shape index (κ2) is 6.70. The zero-order valence-electron chi connectivity index (χ0n) is 14.6. The summed E-state index contributed by atoms with van der Waals surface area (Å²) in [4.78, 5) is 0. The highest BCUT2D eigenvalue weighted by Crippen LogP contribution is 2.37. The number of hydrogen-bond acceptors (Lipinski definition) is 0. The van der Waals surface area contributed by atoms with E-state index in [-0.39, 0.29) is 5.82 Å². The van der Waals surface area contributed by atoms with Gasteiger partial charge in [-0.15, -0.1) is 0 Å². The minimum atomic E-state index is -0.101. The van der Waals surface area contributed by atoms with Crippen LogP contribution in [0.2, 0.25) is 0 Å². The smallest absolute Gasteiger partial charge is 0.123 e. The Balaban J connectivity index is 1.47. The van der Waals surface area contributed by atoms with E-state index in [1.807, 2.05) is 6.07 Å². The summed E-state index contributed by atoms with van der Waals surface area (Å²) in [6.07, 6.45) is 8.66. The van der Waals surface area contributed by atoms with E-state index in [0.717, 1.165) is 24.7 Å². The van der Waals surface area contributed by atoms with Gasteiger partial charge in [0.2, 0.25) is 0 Å². The third-order valence-electron chi connectivity index (χ3n) is 6.29. The molecule has 1 saturated carbocycles. The molecule has 0 spiro atoms. The Labute approximate surface area is 145 Å². The molecule has 1 fully saturated rings. The van der Waals surface area contributed by atoms with Crippen LogP contribution in [-0.2, 0) is 12.8 Å². The van der Waals surface area contributed by atoms with Crippen LogP contribution in [0, 0.1) is 11.7 Å². The number of halogens is 1. The minimum absolute atomic E-state index is 0.101. The van der Waals surface area contributed by atoms with Crippen LogP contribution in [0.1, 0.15) is 73.1 Å². The molecule has 0 N–H and O–H groups in total. The third kappa shape index (κ3) is 3.27. The van der Waals surface area contributed by atoms with E-state index in [9.17, 15) is 4.39 Å². The lowest BCUT2D eigenvalue weighted by atomic mass is 9.77. The highest BCUT2D eigenvalue weighted by Gasteiger charge is 2.22. The van der Waals surface area contributed by atoms with E-state index in [1.54, 1.807) is 12.1 Å². The maximum absolute atomic E-state index is 13.5. The Morgan fingerprint density at radius 1 is 0.750 bits per heavy atom. The van der Waals surface area contributed by atoms with Gasteiger partial charge in [-0.05, 0) is 84.2 Å². The van der Waals surface area contributed by atoms with Crippen LogP contribution in [0.5, 0.6) is 0 Å². The van der Waals surface area contributed by atoms with Gasteiger partial charge in [-0.3, -0.25) is 0 Å². The van der Waals surface area contributed by atoms with Gasteiger partial charge in [0.15, 0.2) is 0 Å².